The summed E-state index contributed by atoms with van der Waals surface area (Å²) in [5, 5.41) is 23.1. The van der Waals surface area contributed by atoms with E-state index in [1.165, 1.54) is 4.68 Å². The van der Waals surface area contributed by atoms with Gasteiger partial charge in [-0.1, -0.05) is 30.7 Å². The lowest BCUT2D eigenvalue weighted by Gasteiger charge is -2.12. The molecule has 0 bridgehead atoms. The fraction of sp³-hybridized carbons (Fsp3) is 0.316. The molecule has 3 rings (SSSR count). The molecule has 1 atom stereocenters. The van der Waals surface area contributed by atoms with Gasteiger partial charge >= 0.3 is 5.69 Å². The van der Waals surface area contributed by atoms with E-state index < -0.39 is 10.8 Å². The van der Waals surface area contributed by atoms with Crippen molar-refractivity contribution < 1.29 is 9.72 Å². The molecule has 10 heteroatoms. The fourth-order valence-corrected chi connectivity index (χ4v) is 3.14. The van der Waals surface area contributed by atoms with Crippen LogP contribution in [0.4, 0.5) is 11.5 Å². The highest BCUT2D eigenvalue weighted by Crippen LogP contribution is 2.22. The van der Waals surface area contributed by atoms with Gasteiger partial charge in [-0.15, -0.1) is 0 Å². The van der Waals surface area contributed by atoms with E-state index in [0.717, 1.165) is 5.56 Å². The first-order valence-electron chi connectivity index (χ1n) is 9.01. The van der Waals surface area contributed by atoms with Gasteiger partial charge in [0.15, 0.2) is 5.82 Å². The van der Waals surface area contributed by atoms with Crippen molar-refractivity contribution in [2.75, 3.05) is 5.32 Å². The summed E-state index contributed by atoms with van der Waals surface area (Å²) < 4.78 is 3.21. The average Bonchev–Trinajstić information content (AvgIpc) is 3.20. The van der Waals surface area contributed by atoms with Crippen LogP contribution in [0.2, 0.25) is 5.02 Å². The van der Waals surface area contributed by atoms with Crippen LogP contribution in [0.25, 0.3) is 0 Å². The highest BCUT2D eigenvalue weighted by Gasteiger charge is 2.24. The van der Waals surface area contributed by atoms with Crippen LogP contribution in [-0.4, -0.2) is 30.4 Å². The van der Waals surface area contributed by atoms with Crippen LogP contribution >= 0.6 is 11.6 Å². The summed E-state index contributed by atoms with van der Waals surface area (Å²) in [6.07, 6.45) is 1.78. The third-order valence-corrected chi connectivity index (χ3v) is 4.82. The Hall–Kier alpha value is -3.20. The van der Waals surface area contributed by atoms with Gasteiger partial charge in [0.25, 0.3) is 0 Å². The molecule has 9 nitrogen and oxygen atoms in total. The van der Waals surface area contributed by atoms with Crippen molar-refractivity contribution in [3.8, 4) is 0 Å². The zero-order valence-electron chi connectivity index (χ0n) is 16.3. The monoisotopic (exact) mass is 416 g/mol. The predicted octanol–water partition coefficient (Wildman–Crippen LogP) is 3.58. The third-order valence-electron chi connectivity index (χ3n) is 4.57. The van der Waals surface area contributed by atoms with Gasteiger partial charge in [-0.2, -0.15) is 10.2 Å². The van der Waals surface area contributed by atoms with Crippen LogP contribution in [0.3, 0.4) is 0 Å². The van der Waals surface area contributed by atoms with E-state index in [0.29, 0.717) is 28.8 Å². The maximum Gasteiger partial charge on any atom is 0.312 e. The first-order chi connectivity index (χ1) is 13.7. The van der Waals surface area contributed by atoms with Crippen LogP contribution in [-0.2, 0) is 17.9 Å². The Kier molecular flexibility index (Phi) is 5.97. The quantitative estimate of drug-likeness (QED) is 0.467. The maximum atomic E-state index is 12.5. The second kappa shape index (κ2) is 8.44. The number of nitro groups is 1. The lowest BCUT2D eigenvalue weighted by Crippen LogP contribution is -2.25. The SMILES string of the molecule is Cc1nn(CC(C)C(=O)Nc2ccn(Cc3ccc(Cl)cc3)n2)c(C)c1[N+](=O)[O-]. The third kappa shape index (κ3) is 4.80. The molecule has 0 aliphatic heterocycles. The van der Waals surface area contributed by atoms with Gasteiger partial charge in [0.1, 0.15) is 11.4 Å². The number of halogens is 1. The van der Waals surface area contributed by atoms with E-state index in [-0.39, 0.29) is 18.1 Å². The Bertz CT molecular complexity index is 1040. The minimum absolute atomic E-state index is 0.0152. The number of benzene rings is 1. The van der Waals surface area contributed by atoms with Crippen molar-refractivity contribution in [3.63, 3.8) is 0 Å². The van der Waals surface area contributed by atoms with Crippen molar-refractivity contribution in [1.82, 2.24) is 19.6 Å². The van der Waals surface area contributed by atoms with Crippen LogP contribution in [0.1, 0.15) is 23.9 Å². The largest absolute Gasteiger partial charge is 0.312 e. The van der Waals surface area contributed by atoms with E-state index in [9.17, 15) is 14.9 Å². The Morgan fingerprint density at radius 2 is 1.93 bits per heavy atom. The molecular formula is C19H21ClN6O3. The summed E-state index contributed by atoms with van der Waals surface area (Å²) in [5.41, 5.74) is 1.79. The topological polar surface area (TPSA) is 108 Å². The van der Waals surface area contributed by atoms with Gasteiger partial charge in [-0.3, -0.25) is 24.3 Å². The summed E-state index contributed by atoms with van der Waals surface area (Å²) in [5.74, 6) is -0.249. The molecule has 1 amide bonds. The van der Waals surface area contributed by atoms with Crippen molar-refractivity contribution in [3.05, 3.63) is 68.6 Å². The molecule has 0 spiro atoms. The standard InChI is InChI=1S/C19H21ClN6O3/c1-12(10-25-14(3)18(26(28)29)13(2)22-25)19(27)21-17-8-9-24(23-17)11-15-4-6-16(20)7-5-15/h4-9,12H,10-11H2,1-3H3,(H,21,23,27). The number of nitrogens with one attached hydrogen (secondary N) is 1. The summed E-state index contributed by atoms with van der Waals surface area (Å²) in [6.45, 7) is 5.74. The Morgan fingerprint density at radius 1 is 1.24 bits per heavy atom. The van der Waals surface area contributed by atoms with Crippen molar-refractivity contribution in [2.45, 2.75) is 33.9 Å². The summed E-state index contributed by atoms with van der Waals surface area (Å²) in [7, 11) is 0. The maximum absolute atomic E-state index is 12.5. The Labute approximate surface area is 172 Å². The Balaban J connectivity index is 1.62. The van der Waals surface area contributed by atoms with Gasteiger partial charge in [0, 0.05) is 17.3 Å². The van der Waals surface area contributed by atoms with Gasteiger partial charge in [0.05, 0.1) is 23.9 Å². The summed E-state index contributed by atoms with van der Waals surface area (Å²) in [6, 6.07) is 9.17. The van der Waals surface area contributed by atoms with Crippen LogP contribution in [0.5, 0.6) is 0 Å². The number of aryl methyl sites for hydroxylation is 1. The minimum Gasteiger partial charge on any atom is -0.309 e. The summed E-state index contributed by atoms with van der Waals surface area (Å²) in [4.78, 5) is 23.2. The smallest absolute Gasteiger partial charge is 0.309 e. The molecule has 0 saturated heterocycles. The molecular weight excluding hydrogens is 396 g/mol. The van der Waals surface area contributed by atoms with Crippen molar-refractivity contribution >= 4 is 29.0 Å². The molecule has 0 saturated carbocycles. The number of nitrogens with zero attached hydrogens (tertiary/aromatic N) is 5. The number of hydrogen-bond acceptors (Lipinski definition) is 5. The normalized spacial score (nSPS) is 12.0. The summed E-state index contributed by atoms with van der Waals surface area (Å²) >= 11 is 5.89. The van der Waals surface area contributed by atoms with Crippen molar-refractivity contribution in [1.29, 1.82) is 0 Å². The van der Waals surface area contributed by atoms with Gasteiger partial charge in [-0.05, 0) is 31.5 Å². The molecule has 3 aromatic rings. The molecule has 152 valence electrons. The molecule has 1 aromatic carbocycles. The molecule has 29 heavy (non-hydrogen) atoms. The van der Waals surface area contributed by atoms with E-state index in [2.05, 4.69) is 15.5 Å². The van der Waals surface area contributed by atoms with E-state index in [1.54, 1.807) is 37.7 Å². The van der Waals surface area contributed by atoms with Gasteiger partial charge < -0.3 is 5.32 Å². The lowest BCUT2D eigenvalue weighted by atomic mass is 10.1. The highest BCUT2D eigenvalue weighted by molar-refractivity contribution is 6.30. The number of amides is 1. The molecule has 2 heterocycles. The Morgan fingerprint density at radius 3 is 2.55 bits per heavy atom. The fourth-order valence-electron chi connectivity index (χ4n) is 3.01. The molecule has 0 radical (unpaired) electrons. The molecule has 2 aromatic heterocycles. The van der Waals surface area contributed by atoms with Gasteiger partial charge in [-0.25, -0.2) is 0 Å². The zero-order valence-corrected chi connectivity index (χ0v) is 17.1. The minimum atomic E-state index is -0.452. The van der Waals surface area contributed by atoms with E-state index >= 15 is 0 Å². The van der Waals surface area contributed by atoms with Gasteiger partial charge in [0.2, 0.25) is 5.91 Å². The van der Waals surface area contributed by atoms with Crippen LogP contribution < -0.4 is 5.32 Å². The second-order valence-corrected chi connectivity index (χ2v) is 7.31. The number of anilines is 1. The number of rotatable bonds is 7. The van der Waals surface area contributed by atoms with E-state index in [1.807, 2.05) is 24.3 Å². The molecule has 0 aliphatic carbocycles. The highest BCUT2D eigenvalue weighted by atomic mass is 35.5. The van der Waals surface area contributed by atoms with Crippen LogP contribution in [0.15, 0.2) is 36.5 Å². The first-order valence-corrected chi connectivity index (χ1v) is 9.39. The van der Waals surface area contributed by atoms with Crippen LogP contribution in [0, 0.1) is 29.9 Å². The van der Waals surface area contributed by atoms with E-state index in [4.69, 9.17) is 11.6 Å². The average molecular weight is 417 g/mol. The molecule has 0 aliphatic rings. The lowest BCUT2D eigenvalue weighted by molar-refractivity contribution is -0.386. The number of aromatic nitrogens is 4. The number of hydrogen-bond donors (Lipinski definition) is 1. The number of carbonyl (C=O) groups excluding carboxylic acids is 1. The zero-order chi connectivity index (χ0) is 21.1. The molecule has 0 fully saturated rings. The first kappa shape index (κ1) is 20.5. The van der Waals surface area contributed by atoms with Crippen molar-refractivity contribution in [2.24, 2.45) is 5.92 Å². The molecule has 1 N–H and O–H groups in total. The molecule has 1 unspecified atom stereocenters. The second-order valence-electron chi connectivity index (χ2n) is 6.87. The predicted molar refractivity (Wildman–Crippen MR) is 109 cm³/mol. The number of carbonyl (C=O) groups is 1.